The van der Waals surface area contributed by atoms with Crippen LogP contribution < -0.4 is 10.5 Å². The second-order valence-corrected chi connectivity index (χ2v) is 10.9. The van der Waals surface area contributed by atoms with Crippen LogP contribution >= 0.6 is 0 Å². The van der Waals surface area contributed by atoms with Gasteiger partial charge in [-0.1, -0.05) is 12.1 Å². The van der Waals surface area contributed by atoms with Gasteiger partial charge in [-0.05, 0) is 37.0 Å². The van der Waals surface area contributed by atoms with Crippen LogP contribution in [0.1, 0.15) is 18.4 Å². The van der Waals surface area contributed by atoms with Crippen LogP contribution in [0.2, 0.25) is 0 Å². The van der Waals surface area contributed by atoms with Crippen LogP contribution in [0.3, 0.4) is 0 Å². The third-order valence-electron chi connectivity index (χ3n) is 5.41. The van der Waals surface area contributed by atoms with Gasteiger partial charge in [-0.15, -0.1) is 0 Å². The fraction of sp³-hybridized carbons (Fsp3) is 0.611. The monoisotopic (exact) mass is 460 g/mol. The van der Waals surface area contributed by atoms with Crippen molar-refractivity contribution >= 4 is 26.1 Å². The molecule has 1 aromatic carbocycles. The normalized spacial score (nSPS) is 20.2. The molecule has 12 heteroatoms. The number of carbonyl (C=O) groups excluding carboxylic acids is 1. The fourth-order valence-corrected chi connectivity index (χ4v) is 5.73. The maximum absolute atomic E-state index is 12.7. The lowest BCUT2D eigenvalue weighted by molar-refractivity contribution is -0.126. The summed E-state index contributed by atoms with van der Waals surface area (Å²) in [5.74, 6) is -0.300. The maximum Gasteiger partial charge on any atom is 0.282 e. The zero-order valence-corrected chi connectivity index (χ0v) is 18.3. The summed E-state index contributed by atoms with van der Waals surface area (Å²) < 4.78 is 56.0. The highest BCUT2D eigenvalue weighted by Gasteiger charge is 2.35. The van der Waals surface area contributed by atoms with Crippen molar-refractivity contribution in [3.8, 4) is 0 Å². The predicted octanol–water partition coefficient (Wildman–Crippen LogP) is -0.718. The molecular formula is C18H28N4O6S2. The van der Waals surface area contributed by atoms with E-state index < -0.39 is 20.2 Å². The van der Waals surface area contributed by atoms with E-state index in [9.17, 15) is 21.6 Å². The summed E-state index contributed by atoms with van der Waals surface area (Å²) >= 11 is 0. The number of nitrogens with zero attached hydrogens (tertiary/aromatic N) is 2. The molecule has 1 amide bonds. The minimum Gasteiger partial charge on any atom is -0.379 e. The van der Waals surface area contributed by atoms with Gasteiger partial charge < -0.3 is 10.1 Å². The molecule has 2 saturated heterocycles. The Morgan fingerprint density at radius 1 is 1.00 bits per heavy atom. The van der Waals surface area contributed by atoms with Crippen molar-refractivity contribution in [2.75, 3.05) is 45.9 Å². The second-order valence-electron chi connectivity index (χ2n) is 7.42. The van der Waals surface area contributed by atoms with Crippen LogP contribution in [-0.2, 0) is 36.2 Å². The van der Waals surface area contributed by atoms with Gasteiger partial charge in [-0.25, -0.2) is 13.6 Å². The summed E-state index contributed by atoms with van der Waals surface area (Å²) in [6, 6.07) is 6.22. The summed E-state index contributed by atoms with van der Waals surface area (Å²) in [5.41, 5.74) is 0.883. The molecule has 168 valence electrons. The summed E-state index contributed by atoms with van der Waals surface area (Å²) in [6.07, 6.45) is 1.53. The van der Waals surface area contributed by atoms with Crippen molar-refractivity contribution in [3.05, 3.63) is 29.8 Å². The maximum atomic E-state index is 12.7. The quantitative estimate of drug-likeness (QED) is 0.551. The van der Waals surface area contributed by atoms with Gasteiger partial charge in [-0.3, -0.25) is 4.79 Å². The minimum atomic E-state index is -3.72. The molecule has 2 heterocycles. The zero-order chi connectivity index (χ0) is 21.8. The van der Waals surface area contributed by atoms with E-state index in [2.05, 4.69) is 5.32 Å². The Morgan fingerprint density at radius 2 is 1.57 bits per heavy atom. The highest BCUT2D eigenvalue weighted by atomic mass is 32.2. The lowest BCUT2D eigenvalue weighted by atomic mass is 9.97. The average molecular weight is 461 g/mol. The van der Waals surface area contributed by atoms with Gasteiger partial charge >= 0.3 is 0 Å². The highest BCUT2D eigenvalue weighted by molar-refractivity contribution is 7.89. The van der Waals surface area contributed by atoms with Crippen molar-refractivity contribution in [2.45, 2.75) is 24.2 Å². The number of benzene rings is 1. The number of sulfonamides is 1. The number of rotatable bonds is 7. The number of nitrogens with two attached hydrogens (primary N) is 1. The van der Waals surface area contributed by atoms with Crippen molar-refractivity contribution in [1.29, 1.82) is 0 Å². The van der Waals surface area contributed by atoms with E-state index in [0.29, 0.717) is 65.2 Å². The molecule has 0 aliphatic carbocycles. The average Bonchev–Trinajstić information content (AvgIpc) is 2.74. The lowest BCUT2D eigenvalue weighted by Crippen LogP contribution is -2.51. The molecule has 0 radical (unpaired) electrons. The first-order valence-electron chi connectivity index (χ1n) is 9.90. The van der Waals surface area contributed by atoms with Crippen LogP contribution in [-0.4, -0.2) is 77.3 Å². The van der Waals surface area contributed by atoms with Crippen LogP contribution in [0.25, 0.3) is 0 Å². The Morgan fingerprint density at radius 3 is 2.13 bits per heavy atom. The Balaban J connectivity index is 1.43. The Labute approximate surface area is 177 Å². The summed E-state index contributed by atoms with van der Waals surface area (Å²) in [7, 11) is -7.21. The van der Waals surface area contributed by atoms with E-state index >= 15 is 0 Å². The van der Waals surface area contributed by atoms with Crippen molar-refractivity contribution in [2.24, 2.45) is 11.1 Å². The van der Waals surface area contributed by atoms with Crippen LogP contribution in [0, 0.1) is 5.92 Å². The molecule has 0 atom stereocenters. The number of hydrogen-bond acceptors (Lipinski definition) is 6. The van der Waals surface area contributed by atoms with E-state index in [1.807, 2.05) is 0 Å². The molecule has 2 aliphatic heterocycles. The highest BCUT2D eigenvalue weighted by Crippen LogP contribution is 2.22. The standard InChI is InChI=1S/C18H28N4O6S2/c19-29(24,25)17-3-1-15(2-4-17)5-8-20-18(23)16-6-9-21(10-7-16)30(26,27)22-11-13-28-14-12-22/h1-4,16H,5-14H2,(H,20,23)(H2,19,24,25). The molecule has 0 bridgehead atoms. The number of ether oxygens (including phenoxy) is 1. The molecule has 10 nitrogen and oxygen atoms in total. The molecule has 30 heavy (non-hydrogen) atoms. The number of primary sulfonamides is 1. The molecule has 3 rings (SSSR count). The number of piperidine rings is 1. The van der Waals surface area contributed by atoms with Gasteiger partial charge in [0.1, 0.15) is 0 Å². The van der Waals surface area contributed by atoms with E-state index in [4.69, 9.17) is 9.88 Å². The Bertz CT molecular complexity index is 935. The van der Waals surface area contributed by atoms with Crippen molar-refractivity contribution < 1.29 is 26.4 Å². The van der Waals surface area contributed by atoms with E-state index in [1.54, 1.807) is 12.1 Å². The van der Waals surface area contributed by atoms with Crippen LogP contribution in [0.15, 0.2) is 29.2 Å². The Kier molecular flexibility index (Phi) is 7.47. The van der Waals surface area contributed by atoms with Gasteiger partial charge in [0, 0.05) is 38.6 Å². The zero-order valence-electron chi connectivity index (χ0n) is 16.7. The fourth-order valence-electron chi connectivity index (χ4n) is 3.61. The first-order valence-corrected chi connectivity index (χ1v) is 12.8. The SMILES string of the molecule is NS(=O)(=O)c1ccc(CCNC(=O)C2CCN(S(=O)(=O)N3CCOCC3)CC2)cc1. The van der Waals surface area contributed by atoms with E-state index in [-0.39, 0.29) is 16.7 Å². The topological polar surface area (TPSA) is 139 Å². The lowest BCUT2D eigenvalue weighted by Gasteiger charge is -2.35. The van der Waals surface area contributed by atoms with Gasteiger partial charge in [0.05, 0.1) is 18.1 Å². The number of hydrogen-bond donors (Lipinski definition) is 2. The van der Waals surface area contributed by atoms with Crippen molar-refractivity contribution in [3.63, 3.8) is 0 Å². The van der Waals surface area contributed by atoms with Crippen molar-refractivity contribution in [1.82, 2.24) is 13.9 Å². The third kappa shape index (κ3) is 5.77. The van der Waals surface area contributed by atoms with E-state index in [1.165, 1.54) is 20.7 Å². The molecule has 0 aromatic heterocycles. The minimum absolute atomic E-state index is 0.0501. The molecule has 1 aromatic rings. The van der Waals surface area contributed by atoms with Crippen LogP contribution in [0.4, 0.5) is 0 Å². The number of nitrogens with one attached hydrogen (secondary N) is 1. The van der Waals surface area contributed by atoms with E-state index in [0.717, 1.165) is 5.56 Å². The smallest absolute Gasteiger partial charge is 0.282 e. The number of carbonyl (C=O) groups is 1. The van der Waals surface area contributed by atoms with Gasteiger partial charge in [0.25, 0.3) is 10.2 Å². The molecule has 0 spiro atoms. The summed E-state index contributed by atoms with van der Waals surface area (Å²) in [6.45, 7) is 2.60. The third-order valence-corrected chi connectivity index (χ3v) is 8.38. The van der Waals surface area contributed by atoms with Gasteiger partial charge in [0.2, 0.25) is 15.9 Å². The second kappa shape index (κ2) is 9.71. The van der Waals surface area contributed by atoms with Gasteiger partial charge in [-0.2, -0.15) is 17.0 Å². The molecule has 2 fully saturated rings. The predicted molar refractivity (Wildman–Crippen MR) is 110 cm³/mol. The first-order chi connectivity index (χ1) is 14.2. The summed E-state index contributed by atoms with van der Waals surface area (Å²) in [5, 5.41) is 7.96. The summed E-state index contributed by atoms with van der Waals surface area (Å²) in [4.78, 5) is 12.5. The molecular weight excluding hydrogens is 432 g/mol. The molecule has 3 N–H and O–H groups in total. The molecule has 0 unspecified atom stereocenters. The number of morpholine rings is 1. The van der Waals surface area contributed by atoms with Crippen LogP contribution in [0.5, 0.6) is 0 Å². The number of amides is 1. The molecule has 2 aliphatic rings. The largest absolute Gasteiger partial charge is 0.379 e. The first kappa shape index (κ1) is 23.1. The van der Waals surface area contributed by atoms with Gasteiger partial charge in [0.15, 0.2) is 0 Å². The Hall–Kier alpha value is -1.57. The molecule has 0 saturated carbocycles.